The lowest BCUT2D eigenvalue weighted by atomic mass is 9.59. The molecule has 2 amide bonds. The molecule has 212 valence electrons. The number of benzene rings is 5. The molecule has 3 aliphatic rings. The third kappa shape index (κ3) is 3.36. The van der Waals surface area contributed by atoms with Gasteiger partial charge >= 0.3 is 0 Å². The van der Waals surface area contributed by atoms with E-state index in [1.54, 1.807) is 6.07 Å². The monoisotopic (exact) mass is 683 g/mol. The second-order valence-electron chi connectivity index (χ2n) is 11.6. The molecule has 44 heavy (non-hydrogen) atoms. The van der Waals surface area contributed by atoms with Crippen LogP contribution in [0.1, 0.15) is 22.3 Å². The predicted octanol–water partition coefficient (Wildman–Crippen LogP) is 7.48. The van der Waals surface area contributed by atoms with Crippen molar-refractivity contribution in [2.24, 2.45) is 11.8 Å². The van der Waals surface area contributed by atoms with Gasteiger partial charge in [0.05, 0.1) is 28.4 Å². The molecule has 0 spiro atoms. The van der Waals surface area contributed by atoms with E-state index in [9.17, 15) is 9.59 Å². The number of rotatable bonds is 5. The van der Waals surface area contributed by atoms with Crippen LogP contribution < -0.4 is 4.90 Å². The second-order valence-corrected chi connectivity index (χ2v) is 12.9. The molecular formula is C39H26INO3. The Morgan fingerprint density at radius 2 is 0.909 bits per heavy atom. The van der Waals surface area contributed by atoms with E-state index in [1.165, 1.54) is 4.90 Å². The molecule has 4 atom stereocenters. The van der Waals surface area contributed by atoms with Crippen molar-refractivity contribution >= 4 is 57.0 Å². The molecule has 5 heteroatoms. The van der Waals surface area contributed by atoms with E-state index < -0.39 is 22.7 Å². The molecule has 0 unspecified atom stereocenters. The molecule has 5 aromatic carbocycles. The highest BCUT2D eigenvalue weighted by Gasteiger charge is 2.82. The van der Waals surface area contributed by atoms with Crippen molar-refractivity contribution < 1.29 is 14.4 Å². The largest absolute Gasteiger partial charge is 0.297 e. The number of amides is 2. The number of carbonyl (C=O) groups is 3. The number of Topliss-reactive ketones (excluding diaryl/α,β-unsaturated/α-hetero) is 1. The zero-order chi connectivity index (χ0) is 30.1. The molecule has 2 bridgehead atoms. The molecule has 1 heterocycles. The van der Waals surface area contributed by atoms with Crippen LogP contribution in [0.5, 0.6) is 0 Å². The van der Waals surface area contributed by atoms with Crippen LogP contribution in [0.15, 0.2) is 146 Å². The van der Waals surface area contributed by atoms with Gasteiger partial charge in [-0.25, -0.2) is 4.90 Å². The highest BCUT2D eigenvalue weighted by Crippen LogP contribution is 2.74. The summed E-state index contributed by atoms with van der Waals surface area (Å²) in [4.78, 5) is 47.0. The number of fused-ring (bicyclic) bond motifs is 5. The van der Waals surface area contributed by atoms with Gasteiger partial charge in [-0.05, 0) is 74.2 Å². The number of imide groups is 1. The first-order valence-electron chi connectivity index (χ1n) is 14.7. The highest BCUT2D eigenvalue weighted by atomic mass is 127. The van der Waals surface area contributed by atoms with Gasteiger partial charge in [-0.2, -0.15) is 0 Å². The summed E-state index contributed by atoms with van der Waals surface area (Å²) >= 11 is 2.20. The summed E-state index contributed by atoms with van der Waals surface area (Å²) in [5.74, 6) is -2.63. The number of allylic oxidation sites excluding steroid dienone is 2. The fraction of sp³-hybridized carbons (Fsp3) is 0.103. The normalized spacial score (nSPS) is 25.6. The van der Waals surface area contributed by atoms with Crippen molar-refractivity contribution in [3.63, 3.8) is 0 Å². The van der Waals surface area contributed by atoms with Gasteiger partial charge in [0.25, 0.3) is 0 Å². The maximum absolute atomic E-state index is 15.8. The van der Waals surface area contributed by atoms with Crippen LogP contribution in [0, 0.1) is 15.4 Å². The van der Waals surface area contributed by atoms with Crippen LogP contribution >= 0.6 is 22.6 Å². The molecule has 1 saturated heterocycles. The van der Waals surface area contributed by atoms with Crippen LogP contribution in [-0.4, -0.2) is 17.6 Å². The fourth-order valence-corrected chi connectivity index (χ4v) is 8.73. The third-order valence-corrected chi connectivity index (χ3v) is 10.3. The summed E-state index contributed by atoms with van der Waals surface area (Å²) in [6.45, 7) is 0. The molecule has 8 rings (SSSR count). The maximum Gasteiger partial charge on any atom is 0.239 e. The molecule has 4 nitrogen and oxygen atoms in total. The molecule has 5 aromatic rings. The van der Waals surface area contributed by atoms with E-state index in [4.69, 9.17) is 0 Å². The maximum atomic E-state index is 15.8. The summed E-state index contributed by atoms with van der Waals surface area (Å²) < 4.78 is 0.917. The van der Waals surface area contributed by atoms with Crippen LogP contribution in [-0.2, 0) is 25.2 Å². The van der Waals surface area contributed by atoms with Gasteiger partial charge in [-0.15, -0.1) is 0 Å². The standard InChI is InChI=1S/C39H26INO3/c40-29-22-13-23-30(24-29)41-35(42)33-34(36(41)43)39(28-20-11-4-12-21-28)32(26-16-7-2-8-17-26)31(25-14-5-1-6-15-25)38(33,37(39)44)27-18-9-3-10-19-27/h1-24,33-34H/t33-,34-,38+,39+/m1/s1. The molecule has 2 fully saturated rings. The van der Waals surface area contributed by atoms with Crippen LogP contribution in [0.4, 0.5) is 5.69 Å². The average Bonchev–Trinajstić information content (AvgIpc) is 3.58. The van der Waals surface area contributed by atoms with E-state index in [1.807, 2.05) is 140 Å². The van der Waals surface area contributed by atoms with Crippen LogP contribution in [0.3, 0.4) is 0 Å². The number of carbonyl (C=O) groups excluding carboxylic acids is 3. The van der Waals surface area contributed by atoms with Crippen molar-refractivity contribution in [2.45, 2.75) is 10.8 Å². The van der Waals surface area contributed by atoms with Gasteiger partial charge in [0.2, 0.25) is 11.8 Å². The average molecular weight is 684 g/mol. The molecule has 0 N–H and O–H groups in total. The summed E-state index contributed by atoms with van der Waals surface area (Å²) in [6.07, 6.45) is 0. The van der Waals surface area contributed by atoms with Gasteiger partial charge in [0.15, 0.2) is 5.78 Å². The summed E-state index contributed by atoms with van der Waals surface area (Å²) in [5.41, 5.74) is 2.55. The van der Waals surface area contributed by atoms with Crippen molar-refractivity contribution in [3.05, 3.63) is 171 Å². The first-order valence-corrected chi connectivity index (χ1v) is 15.8. The number of hydrogen-bond donors (Lipinski definition) is 0. The lowest BCUT2D eigenvalue weighted by Crippen LogP contribution is -2.45. The Labute approximate surface area is 269 Å². The SMILES string of the molecule is O=C1[C@H]2[C@H](C(=O)N1c1cccc(I)c1)[C@@]1(c3ccccc3)C(=O)[C@@]2(c2ccccc2)C(c2ccccc2)=C1c1ccccc1. The minimum atomic E-state index is -1.39. The quantitative estimate of drug-likeness (QED) is 0.143. The molecule has 1 aliphatic heterocycles. The van der Waals surface area contributed by atoms with E-state index in [0.29, 0.717) is 5.69 Å². The van der Waals surface area contributed by atoms with E-state index in [-0.39, 0.29) is 17.6 Å². The van der Waals surface area contributed by atoms with Crippen molar-refractivity contribution in [1.82, 2.24) is 0 Å². The van der Waals surface area contributed by atoms with Crippen LogP contribution in [0.2, 0.25) is 0 Å². The Kier molecular flexibility index (Phi) is 6.10. The lowest BCUT2D eigenvalue weighted by Gasteiger charge is -2.39. The third-order valence-electron chi connectivity index (χ3n) is 9.64. The molecule has 1 saturated carbocycles. The number of hydrogen-bond acceptors (Lipinski definition) is 3. The number of halogens is 1. The van der Waals surface area contributed by atoms with Gasteiger partial charge in [0, 0.05) is 3.57 Å². The summed E-state index contributed by atoms with van der Waals surface area (Å²) in [5, 5.41) is 0. The van der Waals surface area contributed by atoms with Crippen LogP contribution in [0.25, 0.3) is 11.1 Å². The Bertz CT molecular complexity index is 1870. The van der Waals surface area contributed by atoms with E-state index >= 15 is 4.79 Å². The van der Waals surface area contributed by atoms with Gasteiger partial charge < -0.3 is 0 Å². The zero-order valence-electron chi connectivity index (χ0n) is 23.6. The van der Waals surface area contributed by atoms with Gasteiger partial charge in [-0.1, -0.05) is 127 Å². The minimum Gasteiger partial charge on any atom is -0.297 e. The van der Waals surface area contributed by atoms with E-state index in [2.05, 4.69) is 22.6 Å². The van der Waals surface area contributed by atoms with Crippen molar-refractivity contribution in [3.8, 4) is 0 Å². The fourth-order valence-electron chi connectivity index (χ4n) is 8.20. The number of nitrogens with zero attached hydrogens (tertiary/aromatic N) is 1. The number of ketones is 1. The van der Waals surface area contributed by atoms with Crippen molar-refractivity contribution in [1.29, 1.82) is 0 Å². The van der Waals surface area contributed by atoms with Gasteiger partial charge in [0.1, 0.15) is 0 Å². The smallest absolute Gasteiger partial charge is 0.239 e. The Morgan fingerprint density at radius 1 is 0.500 bits per heavy atom. The first-order chi connectivity index (χ1) is 21.5. The topological polar surface area (TPSA) is 54.5 Å². The van der Waals surface area contributed by atoms with E-state index in [0.717, 1.165) is 37.0 Å². The Hall–Kier alpha value is -4.62. The molecule has 2 aliphatic carbocycles. The number of anilines is 1. The summed E-state index contributed by atoms with van der Waals surface area (Å²) in [7, 11) is 0. The predicted molar refractivity (Wildman–Crippen MR) is 180 cm³/mol. The van der Waals surface area contributed by atoms with Crippen molar-refractivity contribution in [2.75, 3.05) is 4.90 Å². The summed E-state index contributed by atoms with van der Waals surface area (Å²) in [6, 6.07) is 46.5. The zero-order valence-corrected chi connectivity index (χ0v) is 25.7. The minimum absolute atomic E-state index is 0.112. The second kappa shape index (κ2) is 9.96. The lowest BCUT2D eigenvalue weighted by molar-refractivity contribution is -0.130. The Balaban J connectivity index is 1.56. The molecule has 0 aromatic heterocycles. The van der Waals surface area contributed by atoms with Gasteiger partial charge in [-0.3, -0.25) is 14.4 Å². The molecule has 0 radical (unpaired) electrons. The highest BCUT2D eigenvalue weighted by molar-refractivity contribution is 14.1. The molecular weight excluding hydrogens is 657 g/mol. The Morgan fingerprint density at radius 3 is 1.32 bits per heavy atom. The first kappa shape index (κ1) is 27.0.